The smallest absolute Gasteiger partial charge is 0.257 e. The summed E-state index contributed by atoms with van der Waals surface area (Å²) >= 11 is 0. The predicted octanol–water partition coefficient (Wildman–Crippen LogP) is 4.10. The Balaban J connectivity index is 1.40. The molecule has 0 saturated carbocycles. The van der Waals surface area contributed by atoms with E-state index >= 15 is 0 Å². The van der Waals surface area contributed by atoms with Gasteiger partial charge >= 0.3 is 0 Å². The van der Waals surface area contributed by atoms with E-state index in [1.807, 2.05) is 0 Å². The molecule has 2 N–H and O–H groups in total. The molecule has 1 unspecified atom stereocenters. The fourth-order valence-corrected chi connectivity index (χ4v) is 3.86. The van der Waals surface area contributed by atoms with Crippen LogP contribution in [0.2, 0.25) is 0 Å². The molecular weight excluding hydrogens is 477 g/mol. The molecule has 12 heteroatoms. The van der Waals surface area contributed by atoms with Crippen molar-refractivity contribution in [2.24, 2.45) is 0 Å². The van der Waals surface area contributed by atoms with Gasteiger partial charge in [0.15, 0.2) is 0 Å². The van der Waals surface area contributed by atoms with Gasteiger partial charge in [-0.15, -0.1) is 0 Å². The molecule has 0 aromatic carbocycles. The van der Waals surface area contributed by atoms with Gasteiger partial charge in [0, 0.05) is 31.8 Å². The Morgan fingerprint density at radius 1 is 1.31 bits per heavy atom. The fraction of sp³-hybridized carbons (Fsp3) is 0.292. The zero-order valence-corrected chi connectivity index (χ0v) is 19.0. The molecule has 3 aromatic rings. The van der Waals surface area contributed by atoms with Gasteiger partial charge in [0.1, 0.15) is 17.4 Å². The number of ether oxygens (including phenoxy) is 1. The zero-order chi connectivity index (χ0) is 25.9. The van der Waals surface area contributed by atoms with E-state index in [1.165, 1.54) is 36.7 Å². The average Bonchev–Trinajstić information content (AvgIpc) is 2.86. The summed E-state index contributed by atoms with van der Waals surface area (Å²) in [4.78, 5) is 39.2. The van der Waals surface area contributed by atoms with Gasteiger partial charge in [0.25, 0.3) is 11.6 Å². The standard InChI is InChI=1S/C24H21F3N6O3/c1-14(33-8-7-24(26,27)18(13-33)15-3-6-21(34)30-10-15)22(35)32-20-5-4-17(12-29-20)36-23-19(28-2)9-16(25)11-31-23/h3-6,9-12,14,18H,7-8,13H2,1H3,(H,30,34)(H,29,32,35)/t14?,18-/m1/s1. The highest BCUT2D eigenvalue weighted by Crippen LogP contribution is 2.40. The number of hydrogen-bond donors (Lipinski definition) is 2. The summed E-state index contributed by atoms with van der Waals surface area (Å²) in [5.41, 5.74) is -0.188. The minimum Gasteiger partial charge on any atom is -0.447 e. The van der Waals surface area contributed by atoms with Gasteiger partial charge in [-0.2, -0.15) is 0 Å². The first-order valence-corrected chi connectivity index (χ1v) is 10.9. The van der Waals surface area contributed by atoms with E-state index in [9.17, 15) is 22.8 Å². The second-order valence-electron chi connectivity index (χ2n) is 8.28. The SMILES string of the molecule is [C-]#[N+]c1cc(F)cnc1Oc1ccc(NC(=O)C(C)N2CCC(F)(F)[C@@H](c3ccc(=O)[nH]c3)C2)nc1. The number of hydrogen-bond acceptors (Lipinski definition) is 6. The number of H-pyrrole nitrogens is 1. The second kappa shape index (κ2) is 10.2. The first kappa shape index (κ1) is 24.9. The Hall–Kier alpha value is -4.24. The minimum absolute atomic E-state index is 0.0235. The number of nitrogens with one attached hydrogen (secondary N) is 2. The Bertz CT molecular complexity index is 1340. The van der Waals surface area contributed by atoms with Crippen LogP contribution in [0.25, 0.3) is 4.85 Å². The number of halogens is 3. The van der Waals surface area contributed by atoms with E-state index in [4.69, 9.17) is 11.3 Å². The maximum Gasteiger partial charge on any atom is 0.257 e. The van der Waals surface area contributed by atoms with Crippen molar-refractivity contribution in [1.29, 1.82) is 0 Å². The topological polar surface area (TPSA) is 105 Å². The van der Waals surface area contributed by atoms with Crippen molar-refractivity contribution < 1.29 is 22.7 Å². The van der Waals surface area contributed by atoms with Gasteiger partial charge in [-0.25, -0.2) is 28.0 Å². The van der Waals surface area contributed by atoms with Crippen molar-refractivity contribution in [1.82, 2.24) is 19.9 Å². The van der Waals surface area contributed by atoms with Crippen molar-refractivity contribution in [2.45, 2.75) is 31.2 Å². The number of amides is 1. The molecule has 1 fully saturated rings. The Morgan fingerprint density at radius 3 is 2.78 bits per heavy atom. The number of piperidine rings is 1. The van der Waals surface area contributed by atoms with Crippen LogP contribution in [0.5, 0.6) is 11.6 Å². The van der Waals surface area contributed by atoms with Gasteiger partial charge in [-0.1, -0.05) is 6.07 Å². The molecule has 0 bridgehead atoms. The third kappa shape index (κ3) is 5.52. The lowest BCUT2D eigenvalue weighted by molar-refractivity contribution is -0.125. The number of pyridine rings is 3. The summed E-state index contributed by atoms with van der Waals surface area (Å²) in [6, 6.07) is 5.80. The molecule has 0 aliphatic carbocycles. The maximum atomic E-state index is 14.6. The normalized spacial score (nSPS) is 18.1. The van der Waals surface area contributed by atoms with Crippen LogP contribution < -0.4 is 15.6 Å². The highest BCUT2D eigenvalue weighted by molar-refractivity contribution is 5.93. The molecule has 9 nitrogen and oxygen atoms in total. The number of carbonyl (C=O) groups excluding carboxylic acids is 1. The molecule has 1 aliphatic heterocycles. The Kier molecular flexibility index (Phi) is 7.03. The third-order valence-corrected chi connectivity index (χ3v) is 5.92. The molecule has 36 heavy (non-hydrogen) atoms. The van der Waals surface area contributed by atoms with E-state index in [0.717, 1.165) is 12.3 Å². The van der Waals surface area contributed by atoms with Crippen LogP contribution >= 0.6 is 0 Å². The zero-order valence-electron chi connectivity index (χ0n) is 19.0. The maximum absolute atomic E-state index is 14.6. The summed E-state index contributed by atoms with van der Waals surface area (Å²) in [5.74, 6) is -4.92. The van der Waals surface area contributed by atoms with Gasteiger partial charge in [0.2, 0.25) is 17.3 Å². The van der Waals surface area contributed by atoms with E-state index in [2.05, 4.69) is 25.1 Å². The molecule has 4 heterocycles. The second-order valence-corrected chi connectivity index (χ2v) is 8.28. The quantitative estimate of drug-likeness (QED) is 0.496. The number of nitrogens with zero attached hydrogens (tertiary/aromatic N) is 4. The van der Waals surface area contributed by atoms with Gasteiger partial charge in [-0.05, 0) is 30.7 Å². The number of carbonyl (C=O) groups is 1. The molecule has 4 rings (SSSR count). The highest BCUT2D eigenvalue weighted by atomic mass is 19.3. The molecule has 1 aliphatic rings. The number of aromatic nitrogens is 3. The van der Waals surface area contributed by atoms with Gasteiger partial charge in [-0.3, -0.25) is 14.5 Å². The van der Waals surface area contributed by atoms with Crippen molar-refractivity contribution >= 4 is 17.4 Å². The molecular formula is C24H21F3N6O3. The summed E-state index contributed by atoms with van der Waals surface area (Å²) in [6.07, 6.45) is 3.08. The lowest BCUT2D eigenvalue weighted by Gasteiger charge is -2.40. The van der Waals surface area contributed by atoms with E-state index in [1.54, 1.807) is 11.8 Å². The molecule has 3 aromatic heterocycles. The summed E-state index contributed by atoms with van der Waals surface area (Å²) in [5, 5.41) is 2.65. The lowest BCUT2D eigenvalue weighted by Crippen LogP contribution is -2.52. The lowest BCUT2D eigenvalue weighted by atomic mass is 9.87. The number of alkyl halides is 2. The summed E-state index contributed by atoms with van der Waals surface area (Å²) in [7, 11) is 0. The van der Waals surface area contributed by atoms with Crippen molar-refractivity contribution in [3.63, 3.8) is 0 Å². The first-order chi connectivity index (χ1) is 17.2. The monoisotopic (exact) mass is 498 g/mol. The van der Waals surface area contributed by atoms with Crippen molar-refractivity contribution in [2.75, 3.05) is 18.4 Å². The van der Waals surface area contributed by atoms with Crippen LogP contribution in [0.1, 0.15) is 24.8 Å². The van der Waals surface area contributed by atoms with Crippen LogP contribution in [0.4, 0.5) is 24.7 Å². The largest absolute Gasteiger partial charge is 0.447 e. The molecule has 1 saturated heterocycles. The minimum atomic E-state index is -2.98. The van der Waals surface area contributed by atoms with E-state index in [-0.39, 0.29) is 41.8 Å². The van der Waals surface area contributed by atoms with Crippen molar-refractivity contribution in [3.05, 3.63) is 82.1 Å². The van der Waals surface area contributed by atoms with Gasteiger partial charge < -0.3 is 15.0 Å². The van der Waals surface area contributed by atoms with Crippen LogP contribution in [0.15, 0.2) is 53.7 Å². The first-order valence-electron chi connectivity index (χ1n) is 10.9. The predicted molar refractivity (Wildman–Crippen MR) is 124 cm³/mol. The van der Waals surface area contributed by atoms with Crippen molar-refractivity contribution in [3.8, 4) is 11.6 Å². The fourth-order valence-electron chi connectivity index (χ4n) is 3.86. The number of anilines is 1. The average molecular weight is 498 g/mol. The van der Waals surface area contributed by atoms with Gasteiger partial charge in [0.05, 0.1) is 30.9 Å². The van der Waals surface area contributed by atoms with Crippen LogP contribution in [-0.2, 0) is 4.79 Å². The highest BCUT2D eigenvalue weighted by Gasteiger charge is 2.46. The van der Waals surface area contributed by atoms with Crippen LogP contribution in [0.3, 0.4) is 0 Å². The van der Waals surface area contributed by atoms with Crippen LogP contribution in [0, 0.1) is 12.4 Å². The Morgan fingerprint density at radius 2 is 2.11 bits per heavy atom. The van der Waals surface area contributed by atoms with E-state index in [0.29, 0.717) is 5.56 Å². The van der Waals surface area contributed by atoms with E-state index < -0.39 is 36.0 Å². The molecule has 2 atom stereocenters. The number of aromatic amines is 1. The molecule has 0 radical (unpaired) electrons. The number of likely N-dealkylation sites (tertiary alicyclic amines) is 1. The molecule has 0 spiro atoms. The molecule has 1 amide bonds. The molecule has 186 valence electrons. The van der Waals surface area contributed by atoms with Crippen LogP contribution in [-0.4, -0.2) is 50.8 Å². The Labute approximate surface area is 203 Å². The summed E-state index contributed by atoms with van der Waals surface area (Å²) in [6.45, 7) is 8.66. The third-order valence-electron chi connectivity index (χ3n) is 5.92. The number of rotatable bonds is 6. The summed E-state index contributed by atoms with van der Waals surface area (Å²) < 4.78 is 48.0.